The van der Waals surface area contributed by atoms with Gasteiger partial charge in [-0.2, -0.15) is 9.97 Å². The summed E-state index contributed by atoms with van der Waals surface area (Å²) in [6.07, 6.45) is 1.30. The molecule has 0 saturated carbocycles. The molecule has 3 aromatic rings. The molecule has 0 bridgehead atoms. The number of fused-ring (bicyclic) bond motifs is 1. The molecule has 6 heteroatoms. The van der Waals surface area contributed by atoms with Crippen LogP contribution in [0, 0.1) is 0 Å². The second-order valence-electron chi connectivity index (χ2n) is 3.23. The summed E-state index contributed by atoms with van der Waals surface area (Å²) in [5, 5.41) is 3.75. The predicted molar refractivity (Wildman–Crippen MR) is 56.8 cm³/mol. The molecule has 1 aromatic carbocycles. The average molecular weight is 213 g/mol. The summed E-state index contributed by atoms with van der Waals surface area (Å²) in [4.78, 5) is 22.3. The molecule has 0 atom stereocenters. The lowest BCUT2D eigenvalue weighted by Gasteiger charge is -1.99. The van der Waals surface area contributed by atoms with Crippen molar-refractivity contribution in [2.75, 3.05) is 0 Å². The van der Waals surface area contributed by atoms with Crippen LogP contribution in [0.25, 0.3) is 17.2 Å². The monoisotopic (exact) mass is 213 g/mol. The minimum Gasteiger partial charge on any atom is -0.290 e. The van der Waals surface area contributed by atoms with Crippen molar-refractivity contribution in [1.29, 1.82) is 0 Å². The minimum atomic E-state index is -0.346. The first-order valence-electron chi connectivity index (χ1n) is 4.70. The Bertz CT molecular complexity index is 685. The fraction of sp³-hybridized carbons (Fsp3) is 0. The molecular weight excluding hydrogens is 206 g/mol. The van der Waals surface area contributed by atoms with E-state index in [1.807, 2.05) is 30.3 Å². The molecule has 0 saturated heterocycles. The minimum absolute atomic E-state index is 0.294. The van der Waals surface area contributed by atoms with E-state index in [0.29, 0.717) is 11.6 Å². The molecule has 0 amide bonds. The summed E-state index contributed by atoms with van der Waals surface area (Å²) < 4.78 is 1.12. The van der Waals surface area contributed by atoms with Crippen LogP contribution in [0.1, 0.15) is 0 Å². The molecule has 2 heterocycles. The van der Waals surface area contributed by atoms with E-state index in [9.17, 15) is 4.79 Å². The first-order chi connectivity index (χ1) is 7.84. The van der Waals surface area contributed by atoms with Gasteiger partial charge in [-0.05, 0) is 0 Å². The molecule has 1 N–H and O–H groups in total. The summed E-state index contributed by atoms with van der Waals surface area (Å²) in [5.74, 6) is 0.786. The van der Waals surface area contributed by atoms with Gasteiger partial charge in [0.05, 0.1) is 0 Å². The van der Waals surface area contributed by atoms with Gasteiger partial charge in [-0.15, -0.1) is 9.61 Å². The van der Waals surface area contributed by atoms with Gasteiger partial charge in [0.1, 0.15) is 12.2 Å². The maximum Gasteiger partial charge on any atom is 0.351 e. The molecule has 0 unspecified atom stereocenters. The highest BCUT2D eigenvalue weighted by atomic mass is 16.1. The van der Waals surface area contributed by atoms with Crippen LogP contribution in [-0.2, 0) is 0 Å². The zero-order valence-electron chi connectivity index (χ0n) is 8.16. The normalized spacial score (nSPS) is 10.8. The fourth-order valence-corrected chi connectivity index (χ4v) is 1.47. The number of hydrogen-bond donors (Lipinski definition) is 1. The van der Waals surface area contributed by atoms with Crippen LogP contribution in [0.15, 0.2) is 41.5 Å². The molecule has 0 aliphatic heterocycles. The molecular formula is C10H7N5O. The van der Waals surface area contributed by atoms with Crippen molar-refractivity contribution < 1.29 is 0 Å². The highest BCUT2D eigenvalue weighted by molar-refractivity contribution is 5.55. The summed E-state index contributed by atoms with van der Waals surface area (Å²) >= 11 is 0. The van der Waals surface area contributed by atoms with Crippen molar-refractivity contribution in [2.24, 2.45) is 0 Å². The van der Waals surface area contributed by atoms with Gasteiger partial charge in [-0.1, -0.05) is 30.3 Å². The van der Waals surface area contributed by atoms with Crippen molar-refractivity contribution in [3.05, 3.63) is 47.1 Å². The predicted octanol–water partition coefficient (Wildman–Crippen LogP) is 0.480. The fourth-order valence-electron chi connectivity index (χ4n) is 1.47. The molecule has 0 fully saturated rings. The summed E-state index contributed by atoms with van der Waals surface area (Å²) in [6, 6.07) is 9.39. The number of aromatic nitrogens is 5. The van der Waals surface area contributed by atoms with E-state index in [0.717, 1.165) is 10.1 Å². The third-order valence-electron chi connectivity index (χ3n) is 2.21. The molecule has 0 spiro atoms. The third kappa shape index (κ3) is 1.28. The highest BCUT2D eigenvalue weighted by Crippen LogP contribution is 2.11. The number of hydrogen-bond acceptors (Lipinski definition) is 4. The molecule has 2 aromatic heterocycles. The Labute approximate surface area is 89.6 Å². The van der Waals surface area contributed by atoms with E-state index in [1.165, 1.54) is 6.33 Å². The van der Waals surface area contributed by atoms with Crippen LogP contribution in [0.2, 0.25) is 0 Å². The van der Waals surface area contributed by atoms with Crippen LogP contribution in [0.5, 0.6) is 0 Å². The Kier molecular flexibility index (Phi) is 1.79. The third-order valence-corrected chi connectivity index (χ3v) is 2.21. The molecule has 0 radical (unpaired) electrons. The van der Waals surface area contributed by atoms with E-state index in [-0.39, 0.29) is 5.69 Å². The van der Waals surface area contributed by atoms with Crippen molar-refractivity contribution in [2.45, 2.75) is 0 Å². The van der Waals surface area contributed by atoms with E-state index in [4.69, 9.17) is 0 Å². The SMILES string of the molecule is O=c1[nH]c(-c2ccccc2)nc2ncnn12. The van der Waals surface area contributed by atoms with Crippen LogP contribution in [0.4, 0.5) is 0 Å². The van der Waals surface area contributed by atoms with E-state index >= 15 is 0 Å². The van der Waals surface area contributed by atoms with Gasteiger partial charge < -0.3 is 0 Å². The number of benzene rings is 1. The van der Waals surface area contributed by atoms with Gasteiger partial charge in [0.2, 0.25) is 0 Å². The lowest BCUT2D eigenvalue weighted by molar-refractivity contribution is 0.844. The van der Waals surface area contributed by atoms with Gasteiger partial charge in [0.25, 0.3) is 5.78 Å². The highest BCUT2D eigenvalue weighted by Gasteiger charge is 2.05. The van der Waals surface area contributed by atoms with Crippen molar-refractivity contribution in [1.82, 2.24) is 24.6 Å². The Morgan fingerprint density at radius 2 is 2.00 bits per heavy atom. The van der Waals surface area contributed by atoms with Crippen molar-refractivity contribution in [3.8, 4) is 11.4 Å². The molecule has 3 rings (SSSR count). The molecule has 0 aliphatic rings. The standard InChI is InChI=1S/C10H7N5O/c16-10-14-8(7-4-2-1-3-5-7)13-9-11-6-12-15(9)10/h1-6H,(H,11,12,13,14,16). The van der Waals surface area contributed by atoms with Gasteiger partial charge >= 0.3 is 5.69 Å². The number of H-pyrrole nitrogens is 1. The quantitative estimate of drug-likeness (QED) is 0.637. The zero-order valence-corrected chi connectivity index (χ0v) is 8.16. The van der Waals surface area contributed by atoms with Gasteiger partial charge in [0.15, 0.2) is 0 Å². The number of aromatic amines is 1. The summed E-state index contributed by atoms with van der Waals surface area (Å²) in [6.45, 7) is 0. The van der Waals surface area contributed by atoms with Crippen LogP contribution >= 0.6 is 0 Å². The Morgan fingerprint density at radius 3 is 2.81 bits per heavy atom. The van der Waals surface area contributed by atoms with E-state index in [2.05, 4.69) is 20.1 Å². The molecule has 0 aliphatic carbocycles. The van der Waals surface area contributed by atoms with E-state index in [1.54, 1.807) is 0 Å². The van der Waals surface area contributed by atoms with Gasteiger partial charge in [-0.3, -0.25) is 4.98 Å². The molecule has 78 valence electrons. The van der Waals surface area contributed by atoms with Crippen molar-refractivity contribution in [3.63, 3.8) is 0 Å². The largest absolute Gasteiger partial charge is 0.351 e. The second-order valence-corrected chi connectivity index (χ2v) is 3.23. The lowest BCUT2D eigenvalue weighted by atomic mass is 10.2. The summed E-state index contributed by atoms with van der Waals surface area (Å²) in [7, 11) is 0. The number of nitrogens with one attached hydrogen (secondary N) is 1. The first kappa shape index (κ1) is 8.78. The van der Waals surface area contributed by atoms with Gasteiger partial charge in [0, 0.05) is 5.56 Å². The van der Waals surface area contributed by atoms with E-state index < -0.39 is 0 Å². The zero-order chi connectivity index (χ0) is 11.0. The number of nitrogens with zero attached hydrogens (tertiary/aromatic N) is 4. The Hall–Kier alpha value is -2.50. The van der Waals surface area contributed by atoms with Crippen molar-refractivity contribution >= 4 is 5.78 Å². The molecule has 16 heavy (non-hydrogen) atoms. The van der Waals surface area contributed by atoms with Gasteiger partial charge in [-0.25, -0.2) is 4.79 Å². The maximum atomic E-state index is 11.6. The smallest absolute Gasteiger partial charge is 0.290 e. The summed E-state index contributed by atoms with van der Waals surface area (Å²) in [5.41, 5.74) is 0.492. The van der Waals surface area contributed by atoms with Crippen LogP contribution < -0.4 is 5.69 Å². The second kappa shape index (κ2) is 3.27. The van der Waals surface area contributed by atoms with Crippen LogP contribution in [-0.4, -0.2) is 24.6 Å². The molecule has 6 nitrogen and oxygen atoms in total. The van der Waals surface area contributed by atoms with Crippen LogP contribution in [0.3, 0.4) is 0 Å². The Morgan fingerprint density at radius 1 is 1.19 bits per heavy atom. The maximum absolute atomic E-state index is 11.6. The first-order valence-corrected chi connectivity index (χ1v) is 4.70. The number of rotatable bonds is 1. The Balaban J connectivity index is 2.30. The average Bonchev–Trinajstić information content (AvgIpc) is 2.79. The lowest BCUT2D eigenvalue weighted by Crippen LogP contribution is -2.19. The topological polar surface area (TPSA) is 75.9 Å².